The molecule has 3 heteroatoms. The molecule has 0 bridgehead atoms. The van der Waals surface area contributed by atoms with Crippen molar-refractivity contribution < 1.29 is 8.83 Å². The molecule has 0 saturated heterocycles. The SMILES string of the molecule is CC(C)n1c2ccc3oc4ccccc4c3c2c2ccc3c4ccccc4oc3c21. The van der Waals surface area contributed by atoms with Gasteiger partial charge in [0.2, 0.25) is 0 Å². The maximum Gasteiger partial charge on any atom is 0.159 e. The molecule has 0 fully saturated rings. The first kappa shape index (κ1) is 16.1. The normalized spacial score (nSPS) is 12.6. The van der Waals surface area contributed by atoms with Crippen LogP contribution in [-0.4, -0.2) is 4.57 Å². The minimum atomic E-state index is 0.291. The highest BCUT2D eigenvalue weighted by molar-refractivity contribution is 6.30. The first-order valence-corrected chi connectivity index (χ1v) is 10.4. The van der Waals surface area contributed by atoms with Gasteiger partial charge in [0.15, 0.2) is 5.58 Å². The van der Waals surface area contributed by atoms with Crippen LogP contribution in [0.4, 0.5) is 0 Å². The van der Waals surface area contributed by atoms with Crippen molar-refractivity contribution in [3.63, 3.8) is 0 Å². The number of furan rings is 2. The molecule has 7 aromatic rings. The molecule has 30 heavy (non-hydrogen) atoms. The Kier molecular flexibility index (Phi) is 2.93. The molecule has 3 aromatic heterocycles. The number of hydrogen-bond donors (Lipinski definition) is 0. The van der Waals surface area contributed by atoms with Crippen LogP contribution in [-0.2, 0) is 0 Å². The molecule has 144 valence electrons. The van der Waals surface area contributed by atoms with Crippen LogP contribution >= 0.6 is 0 Å². The van der Waals surface area contributed by atoms with Crippen molar-refractivity contribution >= 4 is 65.7 Å². The van der Waals surface area contributed by atoms with Gasteiger partial charge in [0.1, 0.15) is 16.7 Å². The van der Waals surface area contributed by atoms with Crippen LogP contribution in [0.25, 0.3) is 65.7 Å². The Labute approximate surface area is 172 Å². The molecule has 7 rings (SSSR count). The largest absolute Gasteiger partial charge is 0.456 e. The van der Waals surface area contributed by atoms with Gasteiger partial charge in [-0.15, -0.1) is 0 Å². The van der Waals surface area contributed by atoms with E-state index in [1.165, 1.54) is 21.7 Å². The third-order valence-corrected chi connectivity index (χ3v) is 6.33. The van der Waals surface area contributed by atoms with Crippen molar-refractivity contribution in [3.8, 4) is 0 Å². The summed E-state index contributed by atoms with van der Waals surface area (Å²) in [5, 5.41) is 7.12. The highest BCUT2D eigenvalue weighted by Crippen LogP contribution is 2.44. The third kappa shape index (κ3) is 1.85. The fourth-order valence-electron chi connectivity index (χ4n) is 5.15. The summed E-state index contributed by atoms with van der Waals surface area (Å²) in [4.78, 5) is 0. The number of fused-ring (bicyclic) bond motifs is 11. The Balaban J connectivity index is 1.81. The van der Waals surface area contributed by atoms with Crippen LogP contribution in [0.5, 0.6) is 0 Å². The average molecular weight is 389 g/mol. The summed E-state index contributed by atoms with van der Waals surface area (Å²) >= 11 is 0. The van der Waals surface area contributed by atoms with E-state index in [1.54, 1.807) is 0 Å². The number of nitrogens with zero attached hydrogens (tertiary/aromatic N) is 1. The molecule has 0 amide bonds. The standard InChI is InChI=1S/C27H19NO2/c1-15(2)28-20-13-14-23-25(18-8-4-6-10-22(18)29-23)24(20)19-12-11-17-16-7-3-5-9-21(16)30-27(17)26(19)28/h3-15H,1-2H3. The van der Waals surface area contributed by atoms with Gasteiger partial charge < -0.3 is 13.4 Å². The fraction of sp³-hybridized carbons (Fsp3) is 0.111. The number of benzene rings is 4. The molecule has 0 unspecified atom stereocenters. The summed E-state index contributed by atoms with van der Waals surface area (Å²) < 4.78 is 15.0. The summed E-state index contributed by atoms with van der Waals surface area (Å²) in [6, 6.07) is 25.6. The minimum Gasteiger partial charge on any atom is -0.456 e. The molecule has 3 nitrogen and oxygen atoms in total. The lowest BCUT2D eigenvalue weighted by Gasteiger charge is -2.11. The lowest BCUT2D eigenvalue weighted by Crippen LogP contribution is -1.99. The Morgan fingerprint density at radius 2 is 1.30 bits per heavy atom. The zero-order valence-corrected chi connectivity index (χ0v) is 16.8. The predicted molar refractivity (Wildman–Crippen MR) is 124 cm³/mol. The second kappa shape index (κ2) is 5.45. The van der Waals surface area contributed by atoms with Crippen molar-refractivity contribution in [2.75, 3.05) is 0 Å². The number of hydrogen-bond acceptors (Lipinski definition) is 2. The quantitative estimate of drug-likeness (QED) is 0.283. The first-order valence-electron chi connectivity index (χ1n) is 10.4. The molecule has 0 spiro atoms. The molecule has 0 aliphatic carbocycles. The third-order valence-electron chi connectivity index (χ3n) is 6.33. The second-order valence-electron chi connectivity index (χ2n) is 8.33. The summed E-state index contributed by atoms with van der Waals surface area (Å²) in [7, 11) is 0. The van der Waals surface area contributed by atoms with E-state index >= 15 is 0 Å². The van der Waals surface area contributed by atoms with Gasteiger partial charge in [0.25, 0.3) is 0 Å². The van der Waals surface area contributed by atoms with Gasteiger partial charge in [-0.1, -0.05) is 42.5 Å². The highest BCUT2D eigenvalue weighted by atomic mass is 16.3. The van der Waals surface area contributed by atoms with Crippen LogP contribution < -0.4 is 0 Å². The van der Waals surface area contributed by atoms with Gasteiger partial charge in [0.05, 0.1) is 11.0 Å². The Bertz CT molecular complexity index is 1780. The van der Waals surface area contributed by atoms with Crippen molar-refractivity contribution in [2.45, 2.75) is 19.9 Å². The number of para-hydroxylation sites is 2. The van der Waals surface area contributed by atoms with Gasteiger partial charge in [0, 0.05) is 38.4 Å². The van der Waals surface area contributed by atoms with Gasteiger partial charge in [-0.05, 0) is 44.2 Å². The van der Waals surface area contributed by atoms with Crippen LogP contribution in [0.15, 0.2) is 81.6 Å². The number of rotatable bonds is 1. The van der Waals surface area contributed by atoms with E-state index in [4.69, 9.17) is 8.83 Å². The molecule has 0 N–H and O–H groups in total. The fourth-order valence-corrected chi connectivity index (χ4v) is 5.15. The van der Waals surface area contributed by atoms with Gasteiger partial charge >= 0.3 is 0 Å². The summed E-state index contributed by atoms with van der Waals surface area (Å²) in [6.45, 7) is 4.47. The maximum atomic E-state index is 6.42. The Morgan fingerprint density at radius 3 is 2.10 bits per heavy atom. The smallest absolute Gasteiger partial charge is 0.159 e. The highest BCUT2D eigenvalue weighted by Gasteiger charge is 2.22. The lowest BCUT2D eigenvalue weighted by molar-refractivity contribution is 0.630. The van der Waals surface area contributed by atoms with E-state index in [0.29, 0.717) is 6.04 Å². The van der Waals surface area contributed by atoms with Crippen LogP contribution in [0, 0.1) is 0 Å². The Hall–Kier alpha value is -3.72. The van der Waals surface area contributed by atoms with E-state index < -0.39 is 0 Å². The van der Waals surface area contributed by atoms with Gasteiger partial charge in [-0.25, -0.2) is 0 Å². The number of aromatic nitrogens is 1. The van der Waals surface area contributed by atoms with Crippen LogP contribution in [0.3, 0.4) is 0 Å². The van der Waals surface area contributed by atoms with Crippen molar-refractivity contribution in [1.29, 1.82) is 0 Å². The minimum absolute atomic E-state index is 0.291. The lowest BCUT2D eigenvalue weighted by atomic mass is 10.0. The first-order chi connectivity index (χ1) is 14.7. The molecule has 0 saturated carbocycles. The van der Waals surface area contributed by atoms with E-state index in [1.807, 2.05) is 24.3 Å². The predicted octanol–water partition coefficient (Wildman–Crippen LogP) is 8.17. The maximum absolute atomic E-state index is 6.42. The van der Waals surface area contributed by atoms with Crippen LogP contribution in [0.1, 0.15) is 19.9 Å². The molecule has 0 aliphatic heterocycles. The van der Waals surface area contributed by atoms with E-state index in [-0.39, 0.29) is 0 Å². The van der Waals surface area contributed by atoms with E-state index in [0.717, 1.165) is 44.0 Å². The zero-order valence-electron chi connectivity index (χ0n) is 16.8. The van der Waals surface area contributed by atoms with E-state index in [9.17, 15) is 0 Å². The zero-order chi connectivity index (χ0) is 20.0. The molecular weight excluding hydrogens is 370 g/mol. The van der Waals surface area contributed by atoms with Crippen molar-refractivity contribution in [2.24, 2.45) is 0 Å². The topological polar surface area (TPSA) is 31.2 Å². The van der Waals surface area contributed by atoms with Gasteiger partial charge in [-0.3, -0.25) is 0 Å². The summed E-state index contributed by atoms with van der Waals surface area (Å²) in [5.41, 5.74) is 6.11. The molecule has 0 radical (unpaired) electrons. The van der Waals surface area contributed by atoms with E-state index in [2.05, 4.69) is 66.9 Å². The summed E-state index contributed by atoms with van der Waals surface area (Å²) in [5.74, 6) is 0. The molecule has 4 aromatic carbocycles. The summed E-state index contributed by atoms with van der Waals surface area (Å²) in [6.07, 6.45) is 0. The average Bonchev–Trinajstić information content (AvgIpc) is 3.41. The molecular formula is C27H19NO2. The Morgan fingerprint density at radius 1 is 0.600 bits per heavy atom. The second-order valence-corrected chi connectivity index (χ2v) is 8.33. The van der Waals surface area contributed by atoms with Crippen LogP contribution in [0.2, 0.25) is 0 Å². The molecule has 3 heterocycles. The van der Waals surface area contributed by atoms with Crippen molar-refractivity contribution in [3.05, 3.63) is 72.8 Å². The monoisotopic (exact) mass is 389 g/mol. The van der Waals surface area contributed by atoms with Crippen molar-refractivity contribution in [1.82, 2.24) is 4.57 Å². The molecule has 0 aliphatic rings. The molecule has 0 atom stereocenters. The van der Waals surface area contributed by atoms with Gasteiger partial charge in [-0.2, -0.15) is 0 Å².